The number of ether oxygens (including phenoxy) is 5. The first kappa shape index (κ1) is 25.6. The zero-order chi connectivity index (χ0) is 26.8. The molecule has 2 bridgehead atoms. The van der Waals surface area contributed by atoms with E-state index >= 15 is 0 Å². The Morgan fingerprint density at radius 1 is 0.568 bits per heavy atom. The van der Waals surface area contributed by atoms with Gasteiger partial charge in [-0.25, -0.2) is 19.2 Å². The highest BCUT2D eigenvalue weighted by molar-refractivity contribution is 6.11. The second kappa shape index (κ2) is 9.87. The predicted octanol–water partition coefficient (Wildman–Crippen LogP) is 3.44. The summed E-state index contributed by atoms with van der Waals surface area (Å²) in [6.07, 6.45) is 3.11. The highest BCUT2D eigenvalue weighted by Crippen LogP contribution is 2.54. The van der Waals surface area contributed by atoms with Crippen molar-refractivity contribution in [3.63, 3.8) is 0 Å². The summed E-state index contributed by atoms with van der Waals surface area (Å²) in [7, 11) is 5.22. The van der Waals surface area contributed by atoms with Crippen molar-refractivity contribution in [2.24, 2.45) is 0 Å². The van der Waals surface area contributed by atoms with Crippen LogP contribution in [0.15, 0.2) is 72.8 Å². The first-order valence-electron chi connectivity index (χ1n) is 11.2. The van der Waals surface area contributed by atoms with Gasteiger partial charge in [0.1, 0.15) is 0 Å². The van der Waals surface area contributed by atoms with Crippen LogP contribution in [-0.2, 0) is 44.5 Å². The molecule has 190 valence electrons. The van der Waals surface area contributed by atoms with E-state index < -0.39 is 35.1 Å². The highest BCUT2D eigenvalue weighted by Gasteiger charge is 2.64. The van der Waals surface area contributed by atoms with E-state index in [1.165, 1.54) is 28.4 Å². The van der Waals surface area contributed by atoms with Crippen LogP contribution in [-0.4, -0.2) is 52.3 Å². The van der Waals surface area contributed by atoms with Crippen molar-refractivity contribution in [2.45, 2.75) is 11.2 Å². The van der Waals surface area contributed by atoms with Crippen LogP contribution in [0.25, 0.3) is 10.8 Å². The molecule has 3 aromatic carbocycles. The number of methoxy groups -OCH3 is 4. The molecule has 5 rings (SSSR count). The lowest BCUT2D eigenvalue weighted by atomic mass is 9.82. The van der Waals surface area contributed by atoms with Crippen LogP contribution in [0.2, 0.25) is 0 Å². The van der Waals surface area contributed by atoms with Crippen molar-refractivity contribution in [3.05, 3.63) is 95.1 Å². The third-order valence-corrected chi connectivity index (χ3v) is 6.31. The van der Waals surface area contributed by atoms with Gasteiger partial charge >= 0.3 is 23.9 Å². The van der Waals surface area contributed by atoms with Gasteiger partial charge in [-0.3, -0.25) is 0 Å². The summed E-state index contributed by atoms with van der Waals surface area (Å²) < 4.78 is 24.8. The molecule has 2 aliphatic heterocycles. The van der Waals surface area contributed by atoms with Crippen molar-refractivity contribution >= 4 is 34.6 Å². The summed E-state index contributed by atoms with van der Waals surface area (Å²) in [4.78, 5) is 47.4. The van der Waals surface area contributed by atoms with Crippen molar-refractivity contribution < 1.29 is 42.9 Å². The van der Waals surface area contributed by atoms with Crippen LogP contribution < -0.4 is 0 Å². The van der Waals surface area contributed by atoms with Gasteiger partial charge < -0.3 is 23.7 Å². The Morgan fingerprint density at radius 3 is 1.30 bits per heavy atom. The van der Waals surface area contributed by atoms with E-state index in [9.17, 15) is 19.2 Å². The summed E-state index contributed by atoms with van der Waals surface area (Å²) in [5.41, 5.74) is -0.593. The molecule has 0 amide bonds. The summed E-state index contributed by atoms with van der Waals surface area (Å²) in [5.74, 6) is -1.97. The standard InChI is InChI=1S/C14H12O5.C14H12O4/c1-17-11(15)13-7-8-14(19-13,12(16)18-2)10-6-4-3-5-9(10)13;1-17-13(15)11-7-8-12(14(16)18-2)10-6-4-3-5-9(10)11/h3-8H,1-2H3;3-8H,1-2H3. The second-order valence-electron chi connectivity index (χ2n) is 8.12. The van der Waals surface area contributed by atoms with Gasteiger partial charge in [-0.1, -0.05) is 48.5 Å². The number of carbonyl (C=O) groups excluding carboxylic acids is 4. The Bertz CT molecular complexity index is 1340. The lowest BCUT2D eigenvalue weighted by Crippen LogP contribution is -2.36. The minimum absolute atomic E-state index is 0.428. The van der Waals surface area contributed by atoms with E-state index in [0.717, 1.165) is 0 Å². The van der Waals surface area contributed by atoms with E-state index in [1.54, 1.807) is 72.8 Å². The van der Waals surface area contributed by atoms with E-state index in [1.807, 2.05) is 0 Å². The summed E-state index contributed by atoms with van der Waals surface area (Å²) in [6, 6.07) is 17.4. The average Bonchev–Trinajstić information content (AvgIpc) is 3.51. The normalized spacial score (nSPS) is 20.3. The van der Waals surface area contributed by atoms with Gasteiger partial charge in [0.15, 0.2) is 0 Å². The Balaban J connectivity index is 0.000000173. The average molecular weight is 504 g/mol. The molecule has 0 aliphatic carbocycles. The van der Waals surface area contributed by atoms with Crippen LogP contribution in [0.5, 0.6) is 0 Å². The third kappa shape index (κ3) is 3.93. The molecule has 2 aliphatic rings. The quantitative estimate of drug-likeness (QED) is 0.299. The smallest absolute Gasteiger partial charge is 0.347 e. The Hall–Kier alpha value is -4.50. The van der Waals surface area contributed by atoms with Gasteiger partial charge in [-0.15, -0.1) is 0 Å². The molecule has 0 radical (unpaired) electrons. The van der Waals surface area contributed by atoms with Gasteiger partial charge in [-0.2, -0.15) is 0 Å². The molecule has 0 saturated carbocycles. The number of hydrogen-bond donors (Lipinski definition) is 0. The molecule has 3 aromatic rings. The SMILES string of the molecule is COC(=O)C12C=CC(C(=O)OC)(O1)c1ccccc12.COC(=O)c1ccc(C(=O)OC)c2ccccc12. The zero-order valence-corrected chi connectivity index (χ0v) is 20.6. The fourth-order valence-corrected chi connectivity index (χ4v) is 4.59. The van der Waals surface area contributed by atoms with Crippen molar-refractivity contribution in [3.8, 4) is 0 Å². The van der Waals surface area contributed by atoms with E-state index in [2.05, 4.69) is 0 Å². The van der Waals surface area contributed by atoms with Gasteiger partial charge in [0.25, 0.3) is 0 Å². The van der Waals surface area contributed by atoms with Crippen molar-refractivity contribution in [1.82, 2.24) is 0 Å². The predicted molar refractivity (Wildman–Crippen MR) is 131 cm³/mol. The minimum atomic E-state index is -1.35. The topological polar surface area (TPSA) is 114 Å². The van der Waals surface area contributed by atoms with E-state index in [0.29, 0.717) is 33.0 Å². The molecule has 0 saturated heterocycles. The summed E-state index contributed by atoms with van der Waals surface area (Å²) in [6.45, 7) is 0. The second-order valence-corrected chi connectivity index (χ2v) is 8.12. The monoisotopic (exact) mass is 504 g/mol. The van der Waals surface area contributed by atoms with Crippen molar-refractivity contribution in [1.29, 1.82) is 0 Å². The number of rotatable bonds is 4. The fourth-order valence-electron chi connectivity index (χ4n) is 4.59. The number of hydrogen-bond acceptors (Lipinski definition) is 9. The van der Waals surface area contributed by atoms with Crippen LogP contribution >= 0.6 is 0 Å². The zero-order valence-electron chi connectivity index (χ0n) is 20.6. The van der Waals surface area contributed by atoms with Crippen LogP contribution in [0.3, 0.4) is 0 Å². The maximum Gasteiger partial charge on any atom is 0.347 e. The molecule has 0 aromatic heterocycles. The van der Waals surface area contributed by atoms with Crippen LogP contribution in [0, 0.1) is 0 Å². The number of esters is 4. The van der Waals surface area contributed by atoms with Crippen LogP contribution in [0.1, 0.15) is 31.8 Å². The summed E-state index contributed by atoms with van der Waals surface area (Å²) in [5, 5.41) is 1.35. The Morgan fingerprint density at radius 2 is 0.946 bits per heavy atom. The molecule has 9 heteroatoms. The molecule has 0 N–H and O–H groups in total. The lowest BCUT2D eigenvalue weighted by Gasteiger charge is -2.21. The maximum absolute atomic E-state index is 12.1. The van der Waals surface area contributed by atoms with E-state index in [-0.39, 0.29) is 0 Å². The summed E-state index contributed by atoms with van der Waals surface area (Å²) >= 11 is 0. The minimum Gasteiger partial charge on any atom is -0.466 e. The number of carbonyl (C=O) groups is 4. The third-order valence-electron chi connectivity index (χ3n) is 6.31. The Labute approximate surface area is 212 Å². The van der Waals surface area contributed by atoms with Gasteiger partial charge in [0.2, 0.25) is 11.2 Å². The molecule has 0 spiro atoms. The van der Waals surface area contributed by atoms with Crippen LogP contribution in [0.4, 0.5) is 0 Å². The van der Waals surface area contributed by atoms with Gasteiger partial charge in [0, 0.05) is 11.1 Å². The first-order chi connectivity index (χ1) is 17.8. The number of benzene rings is 3. The number of fused-ring (bicyclic) bond motifs is 6. The van der Waals surface area contributed by atoms with Crippen molar-refractivity contribution in [2.75, 3.05) is 28.4 Å². The van der Waals surface area contributed by atoms with E-state index in [4.69, 9.17) is 23.7 Å². The fraction of sp³-hybridized carbons (Fsp3) is 0.214. The maximum atomic E-state index is 12.1. The molecule has 2 heterocycles. The lowest BCUT2D eigenvalue weighted by molar-refractivity contribution is -0.182. The molecule has 0 fully saturated rings. The molecule has 2 atom stereocenters. The first-order valence-corrected chi connectivity index (χ1v) is 11.2. The van der Waals surface area contributed by atoms with Gasteiger partial charge in [-0.05, 0) is 35.1 Å². The molecular weight excluding hydrogens is 480 g/mol. The molecule has 37 heavy (non-hydrogen) atoms. The largest absolute Gasteiger partial charge is 0.466 e. The molecule has 9 nitrogen and oxygen atoms in total. The molecule has 2 unspecified atom stereocenters. The molecular formula is C28H24O9. The highest BCUT2D eigenvalue weighted by atomic mass is 16.6. The Kier molecular flexibility index (Phi) is 6.82. The van der Waals surface area contributed by atoms with Gasteiger partial charge in [0.05, 0.1) is 39.6 Å².